The molecule has 164 valence electrons. The highest BCUT2D eigenvalue weighted by atomic mass is 16.6. The standard InChI is InChI=1S/C25H24N2O5/c1-30-19-11-7-10-18(15-19)26-24(28)20(14-17-8-3-2-4-9-17)27-25(29)23-16-31-21-12-5-6-13-22(21)32-23/h2-13,15,20,23H,14,16H2,1H3,(H,26,28)(H,27,29)/t20-,23-/m1/s1. The molecule has 0 radical (unpaired) electrons. The summed E-state index contributed by atoms with van der Waals surface area (Å²) < 4.78 is 16.6. The first kappa shape index (κ1) is 21.2. The molecule has 1 heterocycles. The topological polar surface area (TPSA) is 85.9 Å². The van der Waals surface area contributed by atoms with Crippen molar-refractivity contribution in [2.45, 2.75) is 18.6 Å². The Kier molecular flexibility index (Phi) is 6.55. The smallest absolute Gasteiger partial charge is 0.265 e. The van der Waals surface area contributed by atoms with E-state index >= 15 is 0 Å². The third kappa shape index (κ3) is 5.18. The normalized spacial score (nSPS) is 15.3. The summed E-state index contributed by atoms with van der Waals surface area (Å²) in [5.41, 5.74) is 1.50. The molecular weight excluding hydrogens is 408 g/mol. The van der Waals surface area contributed by atoms with Crippen molar-refractivity contribution in [1.29, 1.82) is 0 Å². The zero-order chi connectivity index (χ0) is 22.3. The van der Waals surface area contributed by atoms with Crippen molar-refractivity contribution in [3.8, 4) is 17.2 Å². The van der Waals surface area contributed by atoms with E-state index in [0.717, 1.165) is 5.56 Å². The van der Waals surface area contributed by atoms with Crippen molar-refractivity contribution in [1.82, 2.24) is 5.32 Å². The highest BCUT2D eigenvalue weighted by Gasteiger charge is 2.31. The minimum Gasteiger partial charge on any atom is -0.497 e. The monoisotopic (exact) mass is 432 g/mol. The molecule has 3 aromatic carbocycles. The largest absolute Gasteiger partial charge is 0.497 e. The highest BCUT2D eigenvalue weighted by molar-refractivity contribution is 5.98. The Morgan fingerprint density at radius 2 is 1.75 bits per heavy atom. The molecule has 0 spiro atoms. The maximum absolute atomic E-state index is 13.1. The summed E-state index contributed by atoms with van der Waals surface area (Å²) in [5, 5.41) is 5.68. The van der Waals surface area contributed by atoms with Crippen LogP contribution < -0.4 is 24.8 Å². The quantitative estimate of drug-likeness (QED) is 0.599. The molecule has 1 aliphatic rings. The number of nitrogens with one attached hydrogen (secondary N) is 2. The van der Waals surface area contributed by atoms with Gasteiger partial charge in [0.15, 0.2) is 11.5 Å². The molecule has 0 saturated heterocycles. The van der Waals surface area contributed by atoms with Crippen LogP contribution in [-0.2, 0) is 16.0 Å². The van der Waals surface area contributed by atoms with Crippen LogP contribution in [0.5, 0.6) is 17.2 Å². The van der Waals surface area contributed by atoms with Crippen LogP contribution in [0.3, 0.4) is 0 Å². The van der Waals surface area contributed by atoms with Gasteiger partial charge in [-0.3, -0.25) is 9.59 Å². The second-order valence-corrected chi connectivity index (χ2v) is 7.34. The van der Waals surface area contributed by atoms with Crippen molar-refractivity contribution < 1.29 is 23.8 Å². The predicted octanol–water partition coefficient (Wildman–Crippen LogP) is 3.20. The van der Waals surface area contributed by atoms with Crippen LogP contribution in [0.4, 0.5) is 5.69 Å². The fourth-order valence-electron chi connectivity index (χ4n) is 3.40. The van der Waals surface area contributed by atoms with E-state index in [1.54, 1.807) is 43.5 Å². The number of fused-ring (bicyclic) bond motifs is 1. The van der Waals surface area contributed by atoms with Crippen molar-refractivity contribution in [3.63, 3.8) is 0 Å². The van der Waals surface area contributed by atoms with E-state index in [-0.39, 0.29) is 12.5 Å². The molecule has 7 heteroatoms. The van der Waals surface area contributed by atoms with Gasteiger partial charge in [-0.05, 0) is 29.8 Å². The molecule has 0 bridgehead atoms. The Morgan fingerprint density at radius 1 is 1.00 bits per heavy atom. The van der Waals surface area contributed by atoms with Crippen LogP contribution in [0, 0.1) is 0 Å². The molecule has 2 amide bonds. The summed E-state index contributed by atoms with van der Waals surface area (Å²) in [6.45, 7) is 0.0679. The predicted molar refractivity (Wildman–Crippen MR) is 120 cm³/mol. The van der Waals surface area contributed by atoms with Crippen molar-refractivity contribution in [3.05, 3.63) is 84.4 Å². The average molecular weight is 432 g/mol. The first-order chi connectivity index (χ1) is 15.6. The Labute approximate surface area is 186 Å². The number of benzene rings is 3. The van der Waals surface area contributed by atoms with Gasteiger partial charge in [-0.1, -0.05) is 48.5 Å². The number of ether oxygens (including phenoxy) is 3. The van der Waals surface area contributed by atoms with Crippen LogP contribution in [0.25, 0.3) is 0 Å². The molecule has 4 rings (SSSR count). The van der Waals surface area contributed by atoms with Gasteiger partial charge >= 0.3 is 0 Å². The van der Waals surface area contributed by atoms with E-state index in [2.05, 4.69) is 10.6 Å². The number of hydrogen-bond acceptors (Lipinski definition) is 5. The zero-order valence-electron chi connectivity index (χ0n) is 17.6. The molecule has 1 aliphatic heterocycles. The van der Waals surface area contributed by atoms with Gasteiger partial charge in [0.1, 0.15) is 18.4 Å². The molecule has 2 N–H and O–H groups in total. The molecular formula is C25H24N2O5. The van der Waals surface area contributed by atoms with Gasteiger partial charge in [-0.2, -0.15) is 0 Å². The van der Waals surface area contributed by atoms with Gasteiger partial charge in [0, 0.05) is 18.2 Å². The molecule has 0 aliphatic carbocycles. The second-order valence-electron chi connectivity index (χ2n) is 7.34. The van der Waals surface area contributed by atoms with Gasteiger partial charge in [-0.25, -0.2) is 0 Å². The minimum atomic E-state index is -0.854. The zero-order valence-corrected chi connectivity index (χ0v) is 17.6. The molecule has 7 nitrogen and oxygen atoms in total. The summed E-state index contributed by atoms with van der Waals surface area (Å²) in [7, 11) is 1.56. The number of carbonyl (C=O) groups excluding carboxylic acids is 2. The van der Waals surface area contributed by atoms with Gasteiger partial charge in [0.25, 0.3) is 5.91 Å². The SMILES string of the molecule is COc1cccc(NC(=O)[C@@H](Cc2ccccc2)NC(=O)[C@H]2COc3ccccc3O2)c1. The Balaban J connectivity index is 1.48. The Hall–Kier alpha value is -4.00. The van der Waals surface area contributed by atoms with Crippen molar-refractivity contribution in [2.24, 2.45) is 0 Å². The molecule has 0 saturated carbocycles. The fraction of sp³-hybridized carbons (Fsp3) is 0.200. The van der Waals surface area contributed by atoms with E-state index < -0.39 is 18.1 Å². The number of rotatable bonds is 7. The lowest BCUT2D eigenvalue weighted by Crippen LogP contribution is -2.52. The minimum absolute atomic E-state index is 0.0679. The van der Waals surface area contributed by atoms with Crippen LogP contribution in [0.1, 0.15) is 5.56 Å². The summed E-state index contributed by atoms with van der Waals surface area (Å²) in [6.07, 6.45) is -0.528. The molecule has 2 atom stereocenters. The van der Waals surface area contributed by atoms with Gasteiger partial charge in [-0.15, -0.1) is 0 Å². The Bertz CT molecular complexity index is 1090. The third-order valence-corrected chi connectivity index (χ3v) is 5.05. The van der Waals surface area contributed by atoms with Gasteiger partial charge in [0.05, 0.1) is 7.11 Å². The number of carbonyl (C=O) groups is 2. The number of para-hydroxylation sites is 2. The maximum atomic E-state index is 13.1. The lowest BCUT2D eigenvalue weighted by Gasteiger charge is -2.27. The summed E-state index contributed by atoms with van der Waals surface area (Å²) in [5.74, 6) is 0.958. The molecule has 3 aromatic rings. The lowest BCUT2D eigenvalue weighted by molar-refractivity contribution is -0.133. The van der Waals surface area contributed by atoms with E-state index in [1.807, 2.05) is 42.5 Å². The highest BCUT2D eigenvalue weighted by Crippen LogP contribution is 2.31. The first-order valence-electron chi connectivity index (χ1n) is 10.3. The van der Waals surface area contributed by atoms with E-state index in [9.17, 15) is 9.59 Å². The maximum Gasteiger partial charge on any atom is 0.265 e. The lowest BCUT2D eigenvalue weighted by atomic mass is 10.0. The van der Waals surface area contributed by atoms with Gasteiger partial charge in [0.2, 0.25) is 12.0 Å². The van der Waals surface area contributed by atoms with E-state index in [4.69, 9.17) is 14.2 Å². The number of hydrogen-bond donors (Lipinski definition) is 2. The number of anilines is 1. The summed E-state index contributed by atoms with van der Waals surface area (Å²) >= 11 is 0. The van der Waals surface area contributed by atoms with Crippen LogP contribution in [0.15, 0.2) is 78.9 Å². The van der Waals surface area contributed by atoms with E-state index in [0.29, 0.717) is 29.4 Å². The van der Waals surface area contributed by atoms with Gasteiger partial charge < -0.3 is 24.8 Å². The van der Waals surface area contributed by atoms with E-state index in [1.165, 1.54) is 0 Å². The molecule has 0 fully saturated rings. The van der Waals surface area contributed by atoms with Crippen molar-refractivity contribution in [2.75, 3.05) is 19.0 Å². The number of amides is 2. The second kappa shape index (κ2) is 9.87. The average Bonchev–Trinajstić information content (AvgIpc) is 2.84. The summed E-state index contributed by atoms with van der Waals surface area (Å²) in [6, 6.07) is 22.9. The Morgan fingerprint density at radius 3 is 2.53 bits per heavy atom. The molecule has 0 aromatic heterocycles. The van der Waals surface area contributed by atoms with Crippen LogP contribution in [-0.4, -0.2) is 37.7 Å². The van der Waals surface area contributed by atoms with Crippen molar-refractivity contribution >= 4 is 17.5 Å². The van der Waals surface area contributed by atoms with Crippen LogP contribution >= 0.6 is 0 Å². The number of methoxy groups -OCH3 is 1. The van der Waals surface area contributed by atoms with Crippen LogP contribution in [0.2, 0.25) is 0 Å². The molecule has 32 heavy (non-hydrogen) atoms. The fourth-order valence-corrected chi connectivity index (χ4v) is 3.40. The first-order valence-corrected chi connectivity index (χ1v) is 10.3. The molecule has 0 unspecified atom stereocenters. The third-order valence-electron chi connectivity index (χ3n) is 5.05. The summed E-state index contributed by atoms with van der Waals surface area (Å²) in [4.78, 5) is 26.0.